The molecule has 142 valence electrons. The molecular formula is C21H24ClN3O2. The Morgan fingerprint density at radius 1 is 1.07 bits per heavy atom. The molecule has 1 fully saturated rings. The Kier molecular flexibility index (Phi) is 5.50. The predicted molar refractivity (Wildman–Crippen MR) is 109 cm³/mol. The molecular weight excluding hydrogens is 362 g/mol. The molecule has 0 aliphatic carbocycles. The summed E-state index contributed by atoms with van der Waals surface area (Å²) < 4.78 is 5.92. The Balaban J connectivity index is 1.23. The van der Waals surface area contributed by atoms with E-state index in [4.69, 9.17) is 16.3 Å². The molecule has 0 atom stereocenters. The van der Waals surface area contributed by atoms with Crippen LogP contribution in [0.25, 0.3) is 11.0 Å². The average molecular weight is 386 g/mol. The zero-order chi connectivity index (χ0) is 18.6. The van der Waals surface area contributed by atoms with Gasteiger partial charge in [-0.15, -0.1) is 0 Å². The molecule has 1 aromatic heterocycles. The molecule has 3 aromatic rings. The van der Waals surface area contributed by atoms with Crippen LogP contribution in [0.4, 0.5) is 0 Å². The van der Waals surface area contributed by atoms with E-state index >= 15 is 0 Å². The molecule has 0 amide bonds. The molecule has 1 saturated heterocycles. The standard InChI is InChI=1S/C21H24ClN3O2/c22-17-6-4-15(5-7-17)14-16-8-10-25(11-9-16)12-13-27-19-3-1-2-18-20(19)24-21(26)23-18/h1-7,16H,8-14H2,(H2,23,24,26). The van der Waals surface area contributed by atoms with Gasteiger partial charge < -0.3 is 14.7 Å². The van der Waals surface area contributed by atoms with Gasteiger partial charge in [-0.25, -0.2) is 4.79 Å². The van der Waals surface area contributed by atoms with Crippen LogP contribution in [0.2, 0.25) is 5.02 Å². The van der Waals surface area contributed by atoms with Crippen LogP contribution in [0, 0.1) is 5.92 Å². The molecule has 1 aliphatic heterocycles. The van der Waals surface area contributed by atoms with E-state index in [2.05, 4.69) is 27.0 Å². The second-order valence-electron chi connectivity index (χ2n) is 7.22. The first-order valence-electron chi connectivity index (χ1n) is 9.48. The fourth-order valence-corrected chi connectivity index (χ4v) is 3.93. The van der Waals surface area contributed by atoms with Crippen molar-refractivity contribution in [1.82, 2.24) is 14.9 Å². The van der Waals surface area contributed by atoms with Gasteiger partial charge in [0.05, 0.1) is 5.52 Å². The summed E-state index contributed by atoms with van der Waals surface area (Å²) in [4.78, 5) is 19.5. The van der Waals surface area contributed by atoms with Crippen molar-refractivity contribution in [1.29, 1.82) is 0 Å². The first-order valence-corrected chi connectivity index (χ1v) is 9.86. The lowest BCUT2D eigenvalue weighted by atomic mass is 9.90. The fraction of sp³-hybridized carbons (Fsp3) is 0.381. The number of nitrogens with zero attached hydrogens (tertiary/aromatic N) is 1. The van der Waals surface area contributed by atoms with E-state index in [1.807, 2.05) is 30.3 Å². The normalized spacial score (nSPS) is 16.0. The lowest BCUT2D eigenvalue weighted by molar-refractivity contribution is 0.155. The summed E-state index contributed by atoms with van der Waals surface area (Å²) in [6.45, 7) is 3.73. The van der Waals surface area contributed by atoms with E-state index in [0.717, 1.165) is 53.8 Å². The number of fused-ring (bicyclic) bond motifs is 1. The topological polar surface area (TPSA) is 61.1 Å². The minimum atomic E-state index is -0.205. The molecule has 2 N–H and O–H groups in total. The Labute approximate surface area is 163 Å². The first-order chi connectivity index (χ1) is 13.2. The van der Waals surface area contributed by atoms with Gasteiger partial charge in [0.15, 0.2) is 0 Å². The molecule has 5 nitrogen and oxygen atoms in total. The van der Waals surface area contributed by atoms with Gasteiger partial charge in [-0.05, 0) is 68.1 Å². The number of benzene rings is 2. The highest BCUT2D eigenvalue weighted by molar-refractivity contribution is 6.30. The van der Waals surface area contributed by atoms with Crippen molar-refractivity contribution in [3.63, 3.8) is 0 Å². The van der Waals surface area contributed by atoms with Gasteiger partial charge in [-0.3, -0.25) is 4.90 Å². The number of nitrogens with one attached hydrogen (secondary N) is 2. The van der Waals surface area contributed by atoms with Gasteiger partial charge in [-0.2, -0.15) is 0 Å². The van der Waals surface area contributed by atoms with Gasteiger partial charge in [0.2, 0.25) is 0 Å². The SMILES string of the molecule is O=c1[nH]c2cccc(OCCN3CCC(Cc4ccc(Cl)cc4)CC3)c2[nH]1. The number of piperidine rings is 1. The van der Waals surface area contributed by atoms with Gasteiger partial charge in [0.25, 0.3) is 0 Å². The number of halogens is 1. The van der Waals surface area contributed by atoms with Crippen LogP contribution >= 0.6 is 11.6 Å². The maximum absolute atomic E-state index is 11.5. The quantitative estimate of drug-likeness (QED) is 0.677. The number of hydrogen-bond donors (Lipinski definition) is 2. The highest BCUT2D eigenvalue weighted by Crippen LogP contribution is 2.23. The van der Waals surface area contributed by atoms with Crippen LogP contribution in [-0.4, -0.2) is 41.1 Å². The third kappa shape index (κ3) is 4.54. The molecule has 4 rings (SSSR count). The molecule has 1 aliphatic rings. The molecule has 27 heavy (non-hydrogen) atoms. The van der Waals surface area contributed by atoms with E-state index in [1.165, 1.54) is 18.4 Å². The molecule has 0 saturated carbocycles. The Bertz CT molecular complexity index is 940. The maximum Gasteiger partial charge on any atom is 0.323 e. The highest BCUT2D eigenvalue weighted by atomic mass is 35.5. The van der Waals surface area contributed by atoms with E-state index in [1.54, 1.807) is 0 Å². The zero-order valence-corrected chi connectivity index (χ0v) is 16.0. The Morgan fingerprint density at radius 2 is 1.85 bits per heavy atom. The van der Waals surface area contributed by atoms with E-state index in [9.17, 15) is 4.79 Å². The van der Waals surface area contributed by atoms with E-state index < -0.39 is 0 Å². The summed E-state index contributed by atoms with van der Waals surface area (Å²) in [6, 6.07) is 13.9. The van der Waals surface area contributed by atoms with E-state index in [-0.39, 0.29) is 5.69 Å². The van der Waals surface area contributed by atoms with E-state index in [0.29, 0.717) is 6.61 Å². The number of aromatic amines is 2. The van der Waals surface area contributed by atoms with Crippen molar-refractivity contribution in [3.8, 4) is 5.75 Å². The predicted octanol–water partition coefficient (Wildman–Crippen LogP) is 3.84. The smallest absolute Gasteiger partial charge is 0.323 e. The Hall–Kier alpha value is -2.24. The van der Waals surface area contributed by atoms with Crippen LogP contribution in [0.1, 0.15) is 18.4 Å². The molecule has 0 bridgehead atoms. The molecule has 0 spiro atoms. The zero-order valence-electron chi connectivity index (χ0n) is 15.2. The van der Waals surface area contributed by atoms with Gasteiger partial charge in [0.1, 0.15) is 17.9 Å². The number of hydrogen-bond acceptors (Lipinski definition) is 3. The van der Waals surface area contributed by atoms with Crippen molar-refractivity contribution >= 4 is 22.6 Å². The Morgan fingerprint density at radius 3 is 2.63 bits per heavy atom. The fourth-order valence-electron chi connectivity index (χ4n) is 3.80. The molecule has 6 heteroatoms. The number of aromatic nitrogens is 2. The number of likely N-dealkylation sites (tertiary alicyclic amines) is 1. The number of imidazole rings is 1. The minimum Gasteiger partial charge on any atom is -0.490 e. The maximum atomic E-state index is 11.5. The number of para-hydroxylation sites is 1. The number of ether oxygens (including phenoxy) is 1. The van der Waals surface area contributed by atoms with Crippen LogP contribution in [0.5, 0.6) is 5.75 Å². The lowest BCUT2D eigenvalue weighted by Crippen LogP contribution is -2.37. The van der Waals surface area contributed by atoms with Crippen LogP contribution in [-0.2, 0) is 6.42 Å². The van der Waals surface area contributed by atoms with Crippen molar-refractivity contribution in [2.75, 3.05) is 26.2 Å². The monoisotopic (exact) mass is 385 g/mol. The third-order valence-electron chi connectivity index (χ3n) is 5.32. The summed E-state index contributed by atoms with van der Waals surface area (Å²) in [5.74, 6) is 1.46. The average Bonchev–Trinajstić information content (AvgIpc) is 3.06. The largest absolute Gasteiger partial charge is 0.490 e. The molecule has 2 heterocycles. The van der Waals surface area contributed by atoms with Crippen molar-refractivity contribution < 1.29 is 4.74 Å². The summed E-state index contributed by atoms with van der Waals surface area (Å²) in [7, 11) is 0. The number of H-pyrrole nitrogens is 2. The van der Waals surface area contributed by atoms with Gasteiger partial charge in [0, 0.05) is 11.6 Å². The second kappa shape index (κ2) is 8.19. The summed E-state index contributed by atoms with van der Waals surface area (Å²) in [5, 5.41) is 0.799. The van der Waals surface area contributed by atoms with Gasteiger partial charge >= 0.3 is 5.69 Å². The van der Waals surface area contributed by atoms with Crippen molar-refractivity contribution in [2.45, 2.75) is 19.3 Å². The van der Waals surface area contributed by atoms with Crippen LogP contribution in [0.3, 0.4) is 0 Å². The first kappa shape index (κ1) is 18.1. The van der Waals surface area contributed by atoms with Crippen LogP contribution < -0.4 is 10.4 Å². The third-order valence-corrected chi connectivity index (χ3v) is 5.57. The molecule has 2 aromatic carbocycles. The summed E-state index contributed by atoms with van der Waals surface area (Å²) in [5.41, 5.74) is 2.68. The summed E-state index contributed by atoms with van der Waals surface area (Å²) in [6.07, 6.45) is 3.55. The van der Waals surface area contributed by atoms with Crippen molar-refractivity contribution in [3.05, 3.63) is 63.5 Å². The molecule has 0 radical (unpaired) electrons. The minimum absolute atomic E-state index is 0.205. The van der Waals surface area contributed by atoms with Crippen LogP contribution in [0.15, 0.2) is 47.3 Å². The summed E-state index contributed by atoms with van der Waals surface area (Å²) >= 11 is 5.96. The lowest BCUT2D eigenvalue weighted by Gasteiger charge is -2.31. The number of rotatable bonds is 6. The molecule has 0 unspecified atom stereocenters. The van der Waals surface area contributed by atoms with Crippen molar-refractivity contribution in [2.24, 2.45) is 5.92 Å². The highest BCUT2D eigenvalue weighted by Gasteiger charge is 2.19. The second-order valence-corrected chi connectivity index (χ2v) is 7.66. The van der Waals surface area contributed by atoms with Gasteiger partial charge in [-0.1, -0.05) is 29.8 Å².